The largest absolute Gasteiger partial charge is 0.507 e. The van der Waals surface area contributed by atoms with Gasteiger partial charge in [0.05, 0.1) is 18.2 Å². The number of carbonyl (C=O) groups excluding carboxylic acids is 2. The molecule has 0 spiro atoms. The van der Waals surface area contributed by atoms with Gasteiger partial charge in [0, 0.05) is 24.1 Å². The molecule has 6 nitrogen and oxygen atoms in total. The van der Waals surface area contributed by atoms with Crippen molar-refractivity contribution in [2.24, 2.45) is 0 Å². The molecule has 7 heteroatoms. The molecule has 1 atom stereocenters. The molecule has 0 radical (unpaired) electrons. The van der Waals surface area contributed by atoms with E-state index in [1.54, 1.807) is 25.3 Å². The maximum atomic E-state index is 12.9. The average molecular weight is 464 g/mol. The van der Waals surface area contributed by atoms with Crippen molar-refractivity contribution in [3.05, 3.63) is 93.2 Å². The monoisotopic (exact) mass is 463 g/mol. The van der Waals surface area contributed by atoms with E-state index in [9.17, 15) is 14.7 Å². The lowest BCUT2D eigenvalue weighted by Crippen LogP contribution is -2.32. The fraction of sp³-hybridized carbons (Fsp3) is 0.231. The van der Waals surface area contributed by atoms with E-state index in [2.05, 4.69) is 0 Å². The molecule has 1 N–H and O–H groups in total. The molecule has 1 aliphatic rings. The number of aryl methyl sites for hydroxylation is 1. The zero-order valence-electron chi connectivity index (χ0n) is 18.5. The van der Waals surface area contributed by atoms with Crippen molar-refractivity contribution >= 4 is 28.8 Å². The number of amides is 1. The van der Waals surface area contributed by atoms with Gasteiger partial charge in [-0.2, -0.15) is 0 Å². The summed E-state index contributed by atoms with van der Waals surface area (Å²) in [4.78, 5) is 28.0. The molecule has 1 saturated heterocycles. The van der Waals surface area contributed by atoms with E-state index < -0.39 is 17.7 Å². The number of thiophene rings is 1. The van der Waals surface area contributed by atoms with Crippen LogP contribution in [0, 0.1) is 6.92 Å². The molecule has 1 aromatic heterocycles. The van der Waals surface area contributed by atoms with Crippen LogP contribution >= 0.6 is 11.3 Å². The van der Waals surface area contributed by atoms with Gasteiger partial charge in [-0.25, -0.2) is 0 Å². The Morgan fingerprint density at radius 3 is 2.55 bits per heavy atom. The average Bonchev–Trinajstić information content (AvgIpc) is 3.44. The lowest BCUT2D eigenvalue weighted by atomic mass is 9.99. The lowest BCUT2D eigenvalue weighted by Gasteiger charge is -2.23. The van der Waals surface area contributed by atoms with Crippen LogP contribution in [0.4, 0.5) is 0 Å². The number of ether oxygens (including phenoxy) is 2. The number of benzene rings is 2. The van der Waals surface area contributed by atoms with E-state index in [-0.39, 0.29) is 17.9 Å². The molecule has 1 aliphatic heterocycles. The van der Waals surface area contributed by atoms with Crippen LogP contribution < -0.4 is 4.74 Å². The van der Waals surface area contributed by atoms with Crippen LogP contribution in [0.25, 0.3) is 5.76 Å². The van der Waals surface area contributed by atoms with E-state index in [4.69, 9.17) is 9.47 Å². The minimum absolute atomic E-state index is 0.0934. The van der Waals surface area contributed by atoms with E-state index in [1.165, 1.54) is 16.2 Å². The fourth-order valence-electron chi connectivity index (χ4n) is 3.89. The minimum atomic E-state index is -0.691. The second-order valence-electron chi connectivity index (χ2n) is 7.76. The summed E-state index contributed by atoms with van der Waals surface area (Å²) < 4.78 is 11.0. The van der Waals surface area contributed by atoms with E-state index in [0.717, 1.165) is 16.0 Å². The molecular weight excluding hydrogens is 438 g/mol. The van der Waals surface area contributed by atoms with Gasteiger partial charge in [0.15, 0.2) is 0 Å². The highest BCUT2D eigenvalue weighted by atomic mass is 32.1. The maximum absolute atomic E-state index is 12.9. The molecule has 2 heterocycles. The Kier molecular flexibility index (Phi) is 6.91. The van der Waals surface area contributed by atoms with E-state index in [0.29, 0.717) is 24.5 Å². The second-order valence-corrected chi connectivity index (χ2v) is 8.73. The number of aliphatic hydroxyl groups excluding tert-OH is 1. The van der Waals surface area contributed by atoms with Crippen LogP contribution in [0.2, 0.25) is 0 Å². The highest BCUT2D eigenvalue weighted by Crippen LogP contribution is 2.41. The van der Waals surface area contributed by atoms with Crippen molar-refractivity contribution in [1.82, 2.24) is 4.90 Å². The Labute approximate surface area is 196 Å². The number of hydrogen-bond donors (Lipinski definition) is 1. The SMILES string of the molecule is COCCN1C(=O)C(=O)/C(=C(\O)c2ccc(OCc3ccccc3)c(C)c2)C1c1cccs1. The third kappa shape index (κ3) is 4.69. The number of nitrogens with zero attached hydrogens (tertiary/aromatic N) is 1. The van der Waals surface area contributed by atoms with Gasteiger partial charge in [-0.05, 0) is 47.7 Å². The summed E-state index contributed by atoms with van der Waals surface area (Å²) in [7, 11) is 1.54. The number of ketones is 1. The summed E-state index contributed by atoms with van der Waals surface area (Å²) >= 11 is 1.44. The molecule has 33 heavy (non-hydrogen) atoms. The fourth-order valence-corrected chi connectivity index (χ4v) is 4.74. The van der Waals surface area contributed by atoms with Crippen molar-refractivity contribution < 1.29 is 24.2 Å². The molecule has 4 rings (SSSR count). The third-order valence-electron chi connectivity index (χ3n) is 5.57. The molecule has 0 bridgehead atoms. The molecule has 2 aromatic carbocycles. The molecule has 0 aliphatic carbocycles. The first kappa shape index (κ1) is 22.8. The Hall–Kier alpha value is -3.42. The zero-order valence-corrected chi connectivity index (χ0v) is 19.3. The number of Topliss-reactive ketones (excluding diaryl/α,β-unsaturated/α-hetero) is 1. The maximum Gasteiger partial charge on any atom is 0.295 e. The smallest absolute Gasteiger partial charge is 0.295 e. The lowest BCUT2D eigenvalue weighted by molar-refractivity contribution is -0.140. The highest BCUT2D eigenvalue weighted by Gasteiger charge is 2.46. The predicted octanol–water partition coefficient (Wildman–Crippen LogP) is 4.70. The normalized spacial score (nSPS) is 17.5. The molecule has 0 saturated carbocycles. The van der Waals surface area contributed by atoms with Crippen molar-refractivity contribution in [2.75, 3.05) is 20.3 Å². The number of hydrogen-bond acceptors (Lipinski definition) is 6. The molecule has 170 valence electrons. The molecule has 3 aromatic rings. The first-order valence-electron chi connectivity index (χ1n) is 10.6. The summed E-state index contributed by atoms with van der Waals surface area (Å²) in [6.07, 6.45) is 0. The van der Waals surface area contributed by atoms with Crippen LogP contribution in [-0.4, -0.2) is 42.0 Å². The first-order valence-corrected chi connectivity index (χ1v) is 11.5. The summed E-state index contributed by atoms with van der Waals surface area (Å²) in [6, 6.07) is 18.2. The first-order chi connectivity index (χ1) is 16.0. The number of carbonyl (C=O) groups is 2. The minimum Gasteiger partial charge on any atom is -0.507 e. The predicted molar refractivity (Wildman–Crippen MR) is 127 cm³/mol. The second kappa shape index (κ2) is 10.0. The van der Waals surface area contributed by atoms with Crippen molar-refractivity contribution in [2.45, 2.75) is 19.6 Å². The number of rotatable bonds is 8. The Morgan fingerprint density at radius 1 is 1.09 bits per heavy atom. The van der Waals surface area contributed by atoms with Crippen LogP contribution in [0.3, 0.4) is 0 Å². The molecular formula is C26H25NO5S. The highest BCUT2D eigenvalue weighted by molar-refractivity contribution is 7.10. The standard InChI is InChI=1S/C26H25NO5S/c1-17-15-19(10-11-20(17)32-16-18-7-4-3-5-8-18)24(28)22-23(21-9-6-14-33-21)27(12-13-31-2)26(30)25(22)29/h3-11,14-15,23,28H,12-13,16H2,1-2H3/b24-22-. The molecule has 1 amide bonds. The quantitative estimate of drug-likeness (QED) is 0.298. The van der Waals surface area contributed by atoms with Crippen LogP contribution in [0.5, 0.6) is 5.75 Å². The van der Waals surface area contributed by atoms with Gasteiger partial charge >= 0.3 is 0 Å². The van der Waals surface area contributed by atoms with Gasteiger partial charge in [0.2, 0.25) is 0 Å². The Bertz CT molecular complexity index is 1170. The number of likely N-dealkylation sites (tertiary alicyclic amines) is 1. The zero-order chi connectivity index (χ0) is 23.4. The molecule has 1 unspecified atom stereocenters. The van der Waals surface area contributed by atoms with Gasteiger partial charge in [0.1, 0.15) is 18.1 Å². The van der Waals surface area contributed by atoms with Gasteiger partial charge in [-0.3, -0.25) is 9.59 Å². The van der Waals surface area contributed by atoms with Gasteiger partial charge in [-0.15, -0.1) is 11.3 Å². The molecule has 1 fully saturated rings. The Morgan fingerprint density at radius 2 is 1.88 bits per heavy atom. The van der Waals surface area contributed by atoms with Crippen molar-refractivity contribution in [3.8, 4) is 5.75 Å². The summed E-state index contributed by atoms with van der Waals surface area (Å²) in [5.74, 6) is -0.828. The van der Waals surface area contributed by atoms with E-state index in [1.807, 2.05) is 54.8 Å². The summed E-state index contributed by atoms with van der Waals surface area (Å²) in [5.41, 5.74) is 2.42. The van der Waals surface area contributed by atoms with Crippen LogP contribution in [-0.2, 0) is 20.9 Å². The number of methoxy groups -OCH3 is 1. The van der Waals surface area contributed by atoms with Crippen LogP contribution in [0.1, 0.15) is 27.6 Å². The van der Waals surface area contributed by atoms with Crippen LogP contribution in [0.15, 0.2) is 71.6 Å². The van der Waals surface area contributed by atoms with Gasteiger partial charge < -0.3 is 19.5 Å². The third-order valence-corrected chi connectivity index (χ3v) is 6.50. The van der Waals surface area contributed by atoms with Crippen molar-refractivity contribution in [1.29, 1.82) is 0 Å². The summed E-state index contributed by atoms with van der Waals surface area (Å²) in [5, 5.41) is 13.0. The van der Waals surface area contributed by atoms with Crippen molar-refractivity contribution in [3.63, 3.8) is 0 Å². The number of aliphatic hydroxyl groups is 1. The van der Waals surface area contributed by atoms with Gasteiger partial charge in [0.25, 0.3) is 11.7 Å². The van der Waals surface area contributed by atoms with E-state index >= 15 is 0 Å². The summed E-state index contributed by atoms with van der Waals surface area (Å²) in [6.45, 7) is 2.86. The van der Waals surface area contributed by atoms with Gasteiger partial charge in [-0.1, -0.05) is 36.4 Å². The Balaban J connectivity index is 1.66. The topological polar surface area (TPSA) is 76.1 Å².